The van der Waals surface area contributed by atoms with Gasteiger partial charge in [-0.2, -0.15) is 0 Å². The lowest BCUT2D eigenvalue weighted by Crippen LogP contribution is -2.24. The number of aromatic amines is 1. The lowest BCUT2D eigenvalue weighted by molar-refractivity contribution is -0.121. The van der Waals surface area contributed by atoms with Gasteiger partial charge in [0.2, 0.25) is 5.91 Å². The first-order valence-corrected chi connectivity index (χ1v) is 12.8. The van der Waals surface area contributed by atoms with Crippen LogP contribution < -0.4 is 11.1 Å². The van der Waals surface area contributed by atoms with Crippen LogP contribution in [0.25, 0.3) is 0 Å². The Hall–Kier alpha value is -1.52. The van der Waals surface area contributed by atoms with Gasteiger partial charge >= 0.3 is 0 Å². The Kier molecular flexibility index (Phi) is 17.2. The fourth-order valence-electron chi connectivity index (χ4n) is 3.93. The van der Waals surface area contributed by atoms with Crippen molar-refractivity contribution in [2.24, 2.45) is 0 Å². The summed E-state index contributed by atoms with van der Waals surface area (Å²) < 4.78 is 0. The molecule has 0 aliphatic heterocycles. The summed E-state index contributed by atoms with van der Waals surface area (Å²) in [6.45, 7) is 3.10. The molecular weight excluding hydrogens is 372 g/mol. The standard InChI is InChI=1S/C25H48N4O/c1-2-3-4-5-6-7-8-9-10-11-12-13-14-15-16-17-21-27-24(30)20-18-19-23-22-28-25(26)29-23/h22H,2-21H2,1H3,(H,27,30)(H3,26,28,29). The molecule has 1 amide bonds. The number of hydrogen-bond donors (Lipinski definition) is 3. The second-order valence-electron chi connectivity index (χ2n) is 8.80. The van der Waals surface area contributed by atoms with Gasteiger partial charge in [0.1, 0.15) is 0 Å². The Morgan fingerprint density at radius 2 is 1.33 bits per heavy atom. The molecule has 1 aromatic rings. The molecule has 1 rings (SSSR count). The number of carbonyl (C=O) groups is 1. The average molecular weight is 421 g/mol. The van der Waals surface area contributed by atoms with Crippen LogP contribution in [0.2, 0.25) is 0 Å². The van der Waals surface area contributed by atoms with Gasteiger partial charge in [0.15, 0.2) is 5.95 Å². The van der Waals surface area contributed by atoms with Gasteiger partial charge in [-0.05, 0) is 19.3 Å². The smallest absolute Gasteiger partial charge is 0.220 e. The topological polar surface area (TPSA) is 83.8 Å². The zero-order valence-electron chi connectivity index (χ0n) is 19.7. The number of nitrogens with zero attached hydrogens (tertiary/aromatic N) is 1. The Balaban J connectivity index is 1.73. The van der Waals surface area contributed by atoms with Crippen LogP contribution >= 0.6 is 0 Å². The van der Waals surface area contributed by atoms with Gasteiger partial charge in [-0.3, -0.25) is 4.79 Å². The fourth-order valence-corrected chi connectivity index (χ4v) is 3.93. The van der Waals surface area contributed by atoms with Crippen molar-refractivity contribution in [3.8, 4) is 0 Å². The second kappa shape index (κ2) is 19.4. The van der Waals surface area contributed by atoms with Gasteiger partial charge in [0.25, 0.3) is 0 Å². The molecule has 0 atom stereocenters. The van der Waals surface area contributed by atoms with Gasteiger partial charge < -0.3 is 16.0 Å². The molecule has 0 unspecified atom stereocenters. The molecule has 5 heteroatoms. The summed E-state index contributed by atoms with van der Waals surface area (Å²) in [6, 6.07) is 0. The van der Waals surface area contributed by atoms with E-state index < -0.39 is 0 Å². The Morgan fingerprint density at radius 3 is 1.80 bits per heavy atom. The Morgan fingerprint density at radius 1 is 0.833 bits per heavy atom. The van der Waals surface area contributed by atoms with Gasteiger partial charge in [0.05, 0.1) is 6.20 Å². The Bertz CT molecular complexity index is 515. The van der Waals surface area contributed by atoms with Crippen molar-refractivity contribution in [2.45, 2.75) is 129 Å². The van der Waals surface area contributed by atoms with E-state index in [0.717, 1.165) is 31.5 Å². The number of amides is 1. The molecule has 4 N–H and O–H groups in total. The third kappa shape index (κ3) is 16.3. The predicted molar refractivity (Wildman–Crippen MR) is 128 cm³/mol. The highest BCUT2D eigenvalue weighted by molar-refractivity contribution is 5.75. The Labute approximate surface area is 185 Å². The summed E-state index contributed by atoms with van der Waals surface area (Å²) in [7, 11) is 0. The molecule has 0 spiro atoms. The zero-order chi connectivity index (χ0) is 21.7. The summed E-state index contributed by atoms with van der Waals surface area (Å²) in [5.74, 6) is 0.599. The lowest BCUT2D eigenvalue weighted by Gasteiger charge is -2.05. The number of H-pyrrole nitrogens is 1. The first-order valence-electron chi connectivity index (χ1n) is 12.8. The number of aromatic nitrogens is 2. The van der Waals surface area contributed by atoms with E-state index >= 15 is 0 Å². The number of hydrogen-bond acceptors (Lipinski definition) is 3. The molecule has 0 fully saturated rings. The minimum atomic E-state index is 0.156. The van der Waals surface area contributed by atoms with Crippen LogP contribution in [0, 0.1) is 0 Å². The molecule has 174 valence electrons. The molecular formula is C25H48N4O. The number of nitrogens with two attached hydrogens (primary N) is 1. The highest BCUT2D eigenvalue weighted by Gasteiger charge is 2.03. The third-order valence-corrected chi connectivity index (χ3v) is 5.85. The normalized spacial score (nSPS) is 11.1. The van der Waals surface area contributed by atoms with Crippen molar-refractivity contribution in [3.05, 3.63) is 11.9 Å². The van der Waals surface area contributed by atoms with E-state index in [1.165, 1.54) is 96.3 Å². The molecule has 1 aromatic heterocycles. The number of imidazole rings is 1. The lowest BCUT2D eigenvalue weighted by atomic mass is 10.0. The fraction of sp³-hybridized carbons (Fsp3) is 0.840. The van der Waals surface area contributed by atoms with Crippen molar-refractivity contribution in [3.63, 3.8) is 0 Å². The maximum atomic E-state index is 11.8. The van der Waals surface area contributed by atoms with Crippen LogP contribution in [0.3, 0.4) is 0 Å². The number of anilines is 1. The average Bonchev–Trinajstić information content (AvgIpc) is 3.15. The molecule has 0 radical (unpaired) electrons. The minimum Gasteiger partial charge on any atom is -0.369 e. The molecule has 0 aliphatic carbocycles. The third-order valence-electron chi connectivity index (χ3n) is 5.85. The quantitative estimate of drug-likeness (QED) is 0.194. The number of carbonyl (C=O) groups excluding carboxylic acids is 1. The van der Waals surface area contributed by atoms with E-state index in [-0.39, 0.29) is 5.91 Å². The van der Waals surface area contributed by atoms with Crippen molar-refractivity contribution >= 4 is 11.9 Å². The maximum Gasteiger partial charge on any atom is 0.220 e. The van der Waals surface area contributed by atoms with Crippen molar-refractivity contribution < 1.29 is 4.79 Å². The first kappa shape index (κ1) is 26.5. The summed E-state index contributed by atoms with van der Waals surface area (Å²) in [4.78, 5) is 18.8. The molecule has 1 heterocycles. The van der Waals surface area contributed by atoms with Crippen LogP contribution in [0.1, 0.15) is 128 Å². The zero-order valence-corrected chi connectivity index (χ0v) is 19.7. The SMILES string of the molecule is CCCCCCCCCCCCCCCCCCNC(=O)CCCc1cnc(N)[nH]1. The predicted octanol–water partition coefficient (Wildman–Crippen LogP) is 6.69. The molecule has 30 heavy (non-hydrogen) atoms. The molecule has 0 aliphatic rings. The molecule has 0 aromatic carbocycles. The molecule has 5 nitrogen and oxygen atoms in total. The van der Waals surface area contributed by atoms with Crippen LogP contribution in [0.15, 0.2) is 6.20 Å². The monoisotopic (exact) mass is 420 g/mol. The largest absolute Gasteiger partial charge is 0.369 e. The van der Waals surface area contributed by atoms with Gasteiger partial charge in [0, 0.05) is 18.7 Å². The molecule has 0 saturated carbocycles. The van der Waals surface area contributed by atoms with E-state index in [9.17, 15) is 4.79 Å². The van der Waals surface area contributed by atoms with E-state index in [4.69, 9.17) is 5.73 Å². The van der Waals surface area contributed by atoms with Crippen LogP contribution in [-0.2, 0) is 11.2 Å². The van der Waals surface area contributed by atoms with Gasteiger partial charge in [-0.25, -0.2) is 4.98 Å². The highest BCUT2D eigenvalue weighted by Crippen LogP contribution is 2.13. The van der Waals surface area contributed by atoms with Gasteiger partial charge in [-0.1, -0.05) is 103 Å². The van der Waals surface area contributed by atoms with E-state index in [1.54, 1.807) is 6.20 Å². The first-order chi connectivity index (χ1) is 14.7. The number of rotatable bonds is 21. The van der Waals surface area contributed by atoms with Crippen molar-refractivity contribution in [1.29, 1.82) is 0 Å². The minimum absolute atomic E-state index is 0.156. The van der Waals surface area contributed by atoms with Gasteiger partial charge in [-0.15, -0.1) is 0 Å². The summed E-state index contributed by atoms with van der Waals surface area (Å²) in [6.07, 6.45) is 25.9. The summed E-state index contributed by atoms with van der Waals surface area (Å²) >= 11 is 0. The second-order valence-corrected chi connectivity index (χ2v) is 8.80. The number of nitrogen functional groups attached to an aromatic ring is 1. The van der Waals surface area contributed by atoms with Crippen LogP contribution in [0.4, 0.5) is 5.95 Å². The van der Waals surface area contributed by atoms with E-state index in [2.05, 4.69) is 22.2 Å². The molecule has 0 bridgehead atoms. The summed E-state index contributed by atoms with van der Waals surface area (Å²) in [5, 5.41) is 3.03. The van der Waals surface area contributed by atoms with Crippen molar-refractivity contribution in [2.75, 3.05) is 12.3 Å². The molecule has 0 saturated heterocycles. The van der Waals surface area contributed by atoms with Crippen molar-refractivity contribution in [1.82, 2.24) is 15.3 Å². The number of aryl methyl sites for hydroxylation is 1. The highest BCUT2D eigenvalue weighted by atomic mass is 16.1. The van der Waals surface area contributed by atoms with E-state index in [0.29, 0.717) is 12.4 Å². The van der Waals surface area contributed by atoms with E-state index in [1.807, 2.05) is 0 Å². The number of nitrogens with one attached hydrogen (secondary N) is 2. The van der Waals surface area contributed by atoms with Crippen LogP contribution in [0.5, 0.6) is 0 Å². The number of unbranched alkanes of at least 4 members (excludes halogenated alkanes) is 15. The summed E-state index contributed by atoms with van der Waals surface area (Å²) in [5.41, 5.74) is 6.54. The van der Waals surface area contributed by atoms with Crippen LogP contribution in [-0.4, -0.2) is 22.4 Å². The maximum absolute atomic E-state index is 11.8.